The number of hydrogen-bond donors (Lipinski definition) is 3. The van der Waals surface area contributed by atoms with Crippen LogP contribution in [-0.2, 0) is 38.1 Å². The number of carbonyl (C=O) groups is 4. The minimum Gasteiger partial charge on any atom is -0.460 e. The van der Waals surface area contributed by atoms with Gasteiger partial charge in [-0.25, -0.2) is 0 Å². The van der Waals surface area contributed by atoms with Crippen LogP contribution in [0.3, 0.4) is 0 Å². The van der Waals surface area contributed by atoms with Gasteiger partial charge in [-0.05, 0) is 33.1 Å². The zero-order valence-corrected chi connectivity index (χ0v) is 23.6. The van der Waals surface area contributed by atoms with E-state index in [0.29, 0.717) is 30.4 Å². The highest BCUT2D eigenvalue weighted by Gasteiger charge is 2.66. The van der Waals surface area contributed by atoms with Crippen molar-refractivity contribution in [3.63, 3.8) is 0 Å². The first-order valence-corrected chi connectivity index (χ1v) is 13.4. The first kappa shape index (κ1) is 30.9. The molecule has 1 spiro atoms. The van der Waals surface area contributed by atoms with Crippen LogP contribution in [0.15, 0.2) is 22.8 Å². The van der Waals surface area contributed by atoms with Gasteiger partial charge < -0.3 is 34.5 Å². The van der Waals surface area contributed by atoms with Gasteiger partial charge >= 0.3 is 11.9 Å². The number of rotatable bonds is 13. The molecular weight excluding hydrogens is 510 g/mol. The molecule has 11 nitrogen and oxygen atoms in total. The molecule has 0 aromatic rings. The van der Waals surface area contributed by atoms with Gasteiger partial charge in [-0.1, -0.05) is 32.4 Å². The number of esters is 2. The maximum atomic E-state index is 13.2. The van der Waals surface area contributed by atoms with Crippen LogP contribution in [0, 0.1) is 10.8 Å². The lowest BCUT2D eigenvalue weighted by molar-refractivity contribution is -0.194. The Morgan fingerprint density at radius 3 is 2.38 bits per heavy atom. The zero-order valence-electron chi connectivity index (χ0n) is 23.6. The molecule has 3 rings (SSSR count). The van der Waals surface area contributed by atoms with Crippen molar-refractivity contribution in [2.45, 2.75) is 90.8 Å². The van der Waals surface area contributed by atoms with E-state index >= 15 is 0 Å². The Bertz CT molecular complexity index is 1050. The zero-order chi connectivity index (χ0) is 29.2. The molecule has 0 heterocycles. The first-order valence-electron chi connectivity index (χ1n) is 13.4. The quantitative estimate of drug-likeness (QED) is 0.226. The molecule has 0 bridgehead atoms. The predicted molar refractivity (Wildman–Crippen MR) is 138 cm³/mol. The summed E-state index contributed by atoms with van der Waals surface area (Å²) in [6, 6.07) is 0. The molecule has 39 heavy (non-hydrogen) atoms. The minimum absolute atomic E-state index is 0.193. The number of fused-ring (bicyclic) bond motifs is 1. The smallest absolute Gasteiger partial charge is 0.326 e. The largest absolute Gasteiger partial charge is 0.460 e. The maximum Gasteiger partial charge on any atom is 0.326 e. The fourth-order valence-corrected chi connectivity index (χ4v) is 5.45. The van der Waals surface area contributed by atoms with Crippen LogP contribution in [0.25, 0.3) is 0 Å². The highest BCUT2D eigenvalue weighted by Crippen LogP contribution is 2.65. The number of methoxy groups -OCH3 is 1. The predicted octanol–water partition coefficient (Wildman–Crippen LogP) is 1.49. The summed E-state index contributed by atoms with van der Waals surface area (Å²) in [5.74, 6) is -2.20. The number of Topliss-reactive ketones (excluding diaryl/α,β-unsaturated/α-hetero) is 1. The van der Waals surface area contributed by atoms with Crippen LogP contribution in [0.4, 0.5) is 0 Å². The lowest BCUT2D eigenvalue weighted by Gasteiger charge is -2.40. The summed E-state index contributed by atoms with van der Waals surface area (Å²) in [6.07, 6.45) is 1.27. The molecule has 0 radical (unpaired) electrons. The molecule has 0 aromatic carbocycles. The number of carbonyl (C=O) groups excluding carboxylic acids is 4. The molecule has 1 amide bonds. The fraction of sp³-hybridized carbons (Fsp3) is 0.714. The third kappa shape index (κ3) is 6.26. The lowest BCUT2D eigenvalue weighted by atomic mass is 9.67. The van der Waals surface area contributed by atoms with E-state index in [1.165, 1.54) is 7.11 Å². The van der Waals surface area contributed by atoms with Crippen molar-refractivity contribution in [3.05, 3.63) is 22.8 Å². The van der Waals surface area contributed by atoms with Crippen molar-refractivity contribution >= 4 is 23.6 Å². The van der Waals surface area contributed by atoms with Gasteiger partial charge in [0.05, 0.1) is 19.1 Å². The van der Waals surface area contributed by atoms with Crippen molar-refractivity contribution < 1.29 is 48.3 Å². The van der Waals surface area contributed by atoms with Gasteiger partial charge in [-0.3, -0.25) is 19.2 Å². The van der Waals surface area contributed by atoms with E-state index in [-0.39, 0.29) is 31.8 Å². The molecule has 3 N–H and O–H groups in total. The van der Waals surface area contributed by atoms with E-state index in [9.17, 15) is 29.4 Å². The van der Waals surface area contributed by atoms with Crippen molar-refractivity contribution in [2.75, 3.05) is 26.9 Å². The molecule has 3 aliphatic carbocycles. The second kappa shape index (κ2) is 11.9. The van der Waals surface area contributed by atoms with Crippen LogP contribution in [-0.4, -0.2) is 84.8 Å². The Morgan fingerprint density at radius 1 is 1.15 bits per heavy atom. The number of aliphatic hydroxyl groups excluding tert-OH is 1. The topological polar surface area (TPSA) is 158 Å². The van der Waals surface area contributed by atoms with Crippen LogP contribution >= 0.6 is 0 Å². The number of amides is 1. The third-order valence-corrected chi connectivity index (χ3v) is 8.12. The van der Waals surface area contributed by atoms with E-state index in [0.717, 1.165) is 5.57 Å². The Labute approximate surface area is 228 Å². The minimum atomic E-state index is -1.49. The number of nitrogens with one attached hydrogen (secondary N) is 1. The third-order valence-electron chi connectivity index (χ3n) is 8.12. The monoisotopic (exact) mass is 551 g/mol. The molecule has 3 aliphatic rings. The van der Waals surface area contributed by atoms with Crippen LogP contribution < -0.4 is 5.32 Å². The molecule has 0 aromatic heterocycles. The van der Waals surface area contributed by atoms with E-state index in [4.69, 9.17) is 18.9 Å². The van der Waals surface area contributed by atoms with Crippen LogP contribution in [0.1, 0.15) is 66.7 Å². The molecule has 0 aliphatic heterocycles. The summed E-state index contributed by atoms with van der Waals surface area (Å²) < 4.78 is 21.4. The lowest BCUT2D eigenvalue weighted by Crippen LogP contribution is -2.50. The van der Waals surface area contributed by atoms with Gasteiger partial charge in [0.2, 0.25) is 5.91 Å². The summed E-state index contributed by atoms with van der Waals surface area (Å²) in [5.41, 5.74) is -0.893. The van der Waals surface area contributed by atoms with Gasteiger partial charge in [0.1, 0.15) is 24.9 Å². The number of aliphatic hydroxyl groups is 2. The first-order chi connectivity index (χ1) is 18.2. The van der Waals surface area contributed by atoms with Crippen molar-refractivity contribution in [3.8, 4) is 0 Å². The summed E-state index contributed by atoms with van der Waals surface area (Å²) in [7, 11) is 1.39. The Kier molecular flexibility index (Phi) is 9.42. The summed E-state index contributed by atoms with van der Waals surface area (Å²) in [5, 5.41) is 22.7. The molecular formula is C28H41NO10. The average Bonchev–Trinajstić information content (AvgIpc) is 3.66. The van der Waals surface area contributed by atoms with Gasteiger partial charge in [-0.2, -0.15) is 0 Å². The van der Waals surface area contributed by atoms with Gasteiger partial charge in [0, 0.05) is 35.5 Å². The summed E-state index contributed by atoms with van der Waals surface area (Å²) in [6.45, 7) is 8.20. The van der Waals surface area contributed by atoms with Gasteiger partial charge in [0.15, 0.2) is 12.1 Å². The maximum absolute atomic E-state index is 13.2. The summed E-state index contributed by atoms with van der Waals surface area (Å²) >= 11 is 0. The fourth-order valence-electron chi connectivity index (χ4n) is 5.45. The number of hydrogen-bond acceptors (Lipinski definition) is 10. The van der Waals surface area contributed by atoms with E-state index in [1.807, 2.05) is 27.7 Å². The second-order valence-electron chi connectivity index (χ2n) is 11.2. The van der Waals surface area contributed by atoms with E-state index in [2.05, 4.69) is 5.32 Å². The van der Waals surface area contributed by atoms with Crippen LogP contribution in [0.5, 0.6) is 0 Å². The van der Waals surface area contributed by atoms with Crippen LogP contribution in [0.2, 0.25) is 0 Å². The number of ketones is 1. The second-order valence-corrected chi connectivity index (χ2v) is 11.2. The Morgan fingerprint density at radius 2 is 1.82 bits per heavy atom. The Balaban J connectivity index is 1.49. The van der Waals surface area contributed by atoms with Crippen molar-refractivity contribution in [1.29, 1.82) is 0 Å². The van der Waals surface area contributed by atoms with Gasteiger partial charge in [0.25, 0.3) is 0 Å². The SMILES string of the molecule is CCC(CO)OC(COC(=O)CCC(=O)NCC(=O)O[C@@H]1C2=C(C)C3(CC3)[C@@](C)(O)C(=O)C2=CC1(C)C)OC. The van der Waals surface area contributed by atoms with Crippen molar-refractivity contribution in [2.24, 2.45) is 10.8 Å². The highest BCUT2D eigenvalue weighted by atomic mass is 16.7. The molecule has 11 heteroatoms. The molecule has 1 fully saturated rings. The average molecular weight is 552 g/mol. The molecule has 2 unspecified atom stereocenters. The normalized spacial score (nSPS) is 26.0. The molecule has 4 atom stereocenters. The standard InChI is InChI=1S/C28H41NO10/c1-7-17(14-30)38-22(36-6)15-37-20(32)9-8-19(31)29-13-21(33)39-25-23-16(2)28(10-11-28)27(5,35)24(34)18(23)12-26(25,3)4/h12,17,22,25,30,35H,7-11,13-15H2,1-6H3,(H,29,31)/t17?,22?,25-,27+/m1/s1. The van der Waals surface area contributed by atoms with Gasteiger partial charge in [-0.15, -0.1) is 0 Å². The highest BCUT2D eigenvalue weighted by molar-refractivity contribution is 6.09. The van der Waals surface area contributed by atoms with E-state index in [1.54, 1.807) is 13.0 Å². The summed E-state index contributed by atoms with van der Waals surface area (Å²) in [4.78, 5) is 50.1. The molecule has 0 saturated heterocycles. The molecule has 218 valence electrons. The molecule has 1 saturated carbocycles. The van der Waals surface area contributed by atoms with E-state index < -0.39 is 59.3 Å². The Hall–Kier alpha value is -2.60. The van der Waals surface area contributed by atoms with Crippen molar-refractivity contribution in [1.82, 2.24) is 5.32 Å². The number of ether oxygens (including phenoxy) is 4.